The Labute approximate surface area is 181 Å². The van der Waals surface area contributed by atoms with E-state index < -0.39 is 5.63 Å². The average molecular weight is 427 g/mol. The molecule has 0 bridgehead atoms. The molecule has 5 nitrogen and oxygen atoms in total. The molecule has 0 aliphatic rings. The van der Waals surface area contributed by atoms with E-state index in [2.05, 4.69) is 0 Å². The highest BCUT2D eigenvalue weighted by atomic mass is 32.2. The Morgan fingerprint density at radius 1 is 0.839 bits per heavy atom. The van der Waals surface area contributed by atoms with Gasteiger partial charge in [-0.05, 0) is 36.4 Å². The van der Waals surface area contributed by atoms with E-state index in [1.807, 2.05) is 84.9 Å². The largest absolute Gasteiger partial charge is 0.494 e. The van der Waals surface area contributed by atoms with E-state index in [1.165, 1.54) is 18.9 Å². The lowest BCUT2D eigenvalue weighted by Crippen LogP contribution is -2.21. The summed E-state index contributed by atoms with van der Waals surface area (Å²) in [6.07, 6.45) is 0. The third kappa shape index (κ3) is 3.21. The molecular formula is C25H17NO4S. The van der Waals surface area contributed by atoms with Crippen molar-refractivity contribution in [3.8, 4) is 11.4 Å². The number of para-hydroxylation sites is 2. The van der Waals surface area contributed by atoms with E-state index in [9.17, 15) is 9.59 Å². The highest BCUT2D eigenvalue weighted by Gasteiger charge is 2.23. The lowest BCUT2D eigenvalue weighted by molar-refractivity contribution is 0.398. The topological polar surface area (TPSA) is 61.4 Å². The molecule has 0 fully saturated rings. The molecular weight excluding hydrogens is 410 g/mol. The molecule has 0 aliphatic heterocycles. The third-order valence-electron chi connectivity index (χ3n) is 5.03. The molecule has 2 heterocycles. The van der Waals surface area contributed by atoms with Gasteiger partial charge in [-0.1, -0.05) is 60.3 Å². The molecule has 152 valence electrons. The van der Waals surface area contributed by atoms with Gasteiger partial charge in [-0.2, -0.15) is 0 Å². The van der Waals surface area contributed by atoms with E-state index in [0.29, 0.717) is 10.9 Å². The van der Waals surface area contributed by atoms with Crippen molar-refractivity contribution in [1.29, 1.82) is 0 Å². The van der Waals surface area contributed by atoms with Crippen molar-refractivity contribution in [3.05, 3.63) is 106 Å². The van der Waals surface area contributed by atoms with Gasteiger partial charge >= 0.3 is 5.63 Å². The monoisotopic (exact) mass is 427 g/mol. The Kier molecular flexibility index (Phi) is 4.84. The zero-order chi connectivity index (χ0) is 21.4. The van der Waals surface area contributed by atoms with Gasteiger partial charge in [-0.3, -0.25) is 9.36 Å². The van der Waals surface area contributed by atoms with Crippen molar-refractivity contribution < 1.29 is 9.15 Å². The van der Waals surface area contributed by atoms with Crippen molar-refractivity contribution >= 4 is 33.6 Å². The first-order valence-corrected chi connectivity index (χ1v) is 10.5. The smallest absolute Gasteiger partial charge is 0.354 e. The molecule has 0 radical (unpaired) electrons. The summed E-state index contributed by atoms with van der Waals surface area (Å²) in [7, 11) is 1.46. The Morgan fingerprint density at radius 2 is 1.48 bits per heavy atom. The van der Waals surface area contributed by atoms with Crippen LogP contribution < -0.4 is 15.9 Å². The molecule has 5 aromatic rings. The number of hydrogen-bond acceptors (Lipinski definition) is 5. The van der Waals surface area contributed by atoms with E-state index in [4.69, 9.17) is 9.15 Å². The van der Waals surface area contributed by atoms with Gasteiger partial charge in [0, 0.05) is 16.0 Å². The minimum absolute atomic E-state index is 0.223. The molecule has 0 amide bonds. The fraction of sp³-hybridized carbons (Fsp3) is 0.0400. The van der Waals surface area contributed by atoms with Gasteiger partial charge in [-0.15, -0.1) is 0 Å². The summed E-state index contributed by atoms with van der Waals surface area (Å²) in [5, 5.41) is 0.899. The Hall–Kier alpha value is -3.77. The number of fused-ring (bicyclic) bond motifs is 3. The molecule has 0 N–H and O–H groups in total. The maximum atomic E-state index is 13.8. The van der Waals surface area contributed by atoms with Crippen LogP contribution in [-0.2, 0) is 0 Å². The van der Waals surface area contributed by atoms with E-state index >= 15 is 0 Å². The van der Waals surface area contributed by atoms with Crippen molar-refractivity contribution in [2.45, 2.75) is 9.79 Å². The third-order valence-corrected chi connectivity index (χ3v) is 6.09. The normalized spacial score (nSPS) is 11.1. The first-order valence-electron chi connectivity index (χ1n) is 9.66. The van der Waals surface area contributed by atoms with Crippen LogP contribution in [-0.4, -0.2) is 11.7 Å². The second-order valence-corrected chi connectivity index (χ2v) is 7.95. The second kappa shape index (κ2) is 7.81. The lowest BCUT2D eigenvalue weighted by atomic mass is 10.1. The maximum absolute atomic E-state index is 13.8. The molecule has 31 heavy (non-hydrogen) atoms. The number of aromatic nitrogens is 1. The van der Waals surface area contributed by atoms with Gasteiger partial charge in [0.1, 0.15) is 10.3 Å². The predicted octanol–water partition coefficient (Wildman–Crippen LogP) is 5.26. The predicted molar refractivity (Wildman–Crippen MR) is 123 cm³/mol. The molecule has 0 atom stereocenters. The molecule has 6 heteroatoms. The zero-order valence-electron chi connectivity index (χ0n) is 16.6. The molecule has 2 aromatic heterocycles. The summed E-state index contributed by atoms with van der Waals surface area (Å²) >= 11 is 1.22. The first kappa shape index (κ1) is 19.2. The van der Waals surface area contributed by atoms with Crippen LogP contribution in [0.3, 0.4) is 0 Å². The van der Waals surface area contributed by atoms with Gasteiger partial charge < -0.3 is 9.15 Å². The highest BCUT2D eigenvalue weighted by molar-refractivity contribution is 7.99. The summed E-state index contributed by atoms with van der Waals surface area (Å²) < 4.78 is 13.0. The van der Waals surface area contributed by atoms with Crippen LogP contribution in [0.2, 0.25) is 0 Å². The Balaban J connectivity index is 1.92. The summed E-state index contributed by atoms with van der Waals surface area (Å²) in [5.41, 5.74) is 0.749. The Morgan fingerprint density at radius 3 is 2.19 bits per heavy atom. The minimum atomic E-state index is -0.541. The van der Waals surface area contributed by atoms with Crippen molar-refractivity contribution in [2.75, 3.05) is 7.11 Å². The van der Waals surface area contributed by atoms with E-state index in [1.54, 1.807) is 4.57 Å². The summed E-state index contributed by atoms with van der Waals surface area (Å²) in [4.78, 5) is 27.8. The molecule has 0 unspecified atom stereocenters. The second-order valence-electron chi connectivity index (χ2n) is 6.86. The number of ether oxygens (including phenoxy) is 1. The van der Waals surface area contributed by atoms with Crippen LogP contribution in [0, 0.1) is 0 Å². The van der Waals surface area contributed by atoms with Gasteiger partial charge in [0.05, 0.1) is 12.6 Å². The molecule has 5 rings (SSSR count). The van der Waals surface area contributed by atoms with Gasteiger partial charge in [0.15, 0.2) is 11.3 Å². The molecule has 0 spiro atoms. The number of benzene rings is 3. The Bertz CT molecular complexity index is 1520. The number of methoxy groups -OCH3 is 1. The van der Waals surface area contributed by atoms with Crippen LogP contribution >= 0.6 is 11.8 Å². The van der Waals surface area contributed by atoms with Crippen molar-refractivity contribution in [2.24, 2.45) is 0 Å². The fourth-order valence-electron chi connectivity index (χ4n) is 3.69. The molecule has 3 aromatic carbocycles. The van der Waals surface area contributed by atoms with Gasteiger partial charge in [-0.25, -0.2) is 4.79 Å². The number of pyridine rings is 1. The molecule has 0 saturated heterocycles. The first-order chi connectivity index (χ1) is 15.2. The van der Waals surface area contributed by atoms with Crippen molar-refractivity contribution in [1.82, 2.24) is 4.57 Å². The molecule has 0 saturated carbocycles. The highest BCUT2D eigenvalue weighted by Crippen LogP contribution is 2.38. The SMILES string of the molecule is COc1c(Sc2ccccc2)c(=O)oc2c1c(=O)n(-c1ccccc1)c1ccccc21. The van der Waals surface area contributed by atoms with Crippen LogP contribution in [0.5, 0.6) is 5.75 Å². The van der Waals surface area contributed by atoms with E-state index in [-0.39, 0.29) is 27.2 Å². The summed E-state index contributed by atoms with van der Waals surface area (Å²) in [6, 6.07) is 26.2. The van der Waals surface area contributed by atoms with Crippen LogP contribution in [0.4, 0.5) is 0 Å². The fourth-order valence-corrected chi connectivity index (χ4v) is 4.62. The number of rotatable bonds is 4. The van der Waals surface area contributed by atoms with Gasteiger partial charge in [0.2, 0.25) is 0 Å². The standard InChI is InChI=1S/C25H17NO4S/c1-29-22-20-21(30-25(28)23(22)31-17-12-6-3-7-13-17)18-14-8-9-15-19(18)26(24(20)27)16-10-4-2-5-11-16/h2-15H,1H3. The van der Waals surface area contributed by atoms with E-state index in [0.717, 1.165) is 10.6 Å². The lowest BCUT2D eigenvalue weighted by Gasteiger charge is -2.15. The van der Waals surface area contributed by atoms with Gasteiger partial charge in [0.25, 0.3) is 5.56 Å². The van der Waals surface area contributed by atoms with Crippen LogP contribution in [0.1, 0.15) is 0 Å². The summed E-state index contributed by atoms with van der Waals surface area (Å²) in [5.74, 6) is 0.223. The maximum Gasteiger partial charge on any atom is 0.354 e. The quantitative estimate of drug-likeness (QED) is 0.366. The van der Waals surface area contributed by atoms with Crippen LogP contribution in [0.25, 0.3) is 27.6 Å². The van der Waals surface area contributed by atoms with Crippen molar-refractivity contribution in [3.63, 3.8) is 0 Å². The number of nitrogens with zero attached hydrogens (tertiary/aromatic N) is 1. The average Bonchev–Trinajstić information content (AvgIpc) is 2.81. The summed E-state index contributed by atoms with van der Waals surface area (Å²) in [6.45, 7) is 0. The van der Waals surface area contributed by atoms with Crippen LogP contribution in [0.15, 0.2) is 109 Å². The molecule has 0 aliphatic carbocycles. The minimum Gasteiger partial charge on any atom is -0.494 e. The zero-order valence-corrected chi connectivity index (χ0v) is 17.4. The number of hydrogen-bond donors (Lipinski definition) is 0.